The van der Waals surface area contributed by atoms with E-state index in [9.17, 15) is 9.18 Å². The third-order valence-electron chi connectivity index (χ3n) is 2.94. The smallest absolute Gasteiger partial charge is 0.166 e. The van der Waals surface area contributed by atoms with Gasteiger partial charge in [-0.05, 0) is 43.0 Å². The number of carbonyl (C=O) groups is 1. The lowest BCUT2D eigenvalue weighted by molar-refractivity contribution is -0.132. The molecule has 1 atom stereocenters. The summed E-state index contributed by atoms with van der Waals surface area (Å²) in [5.74, 6) is -0.159. The third-order valence-corrected chi connectivity index (χ3v) is 2.94. The van der Waals surface area contributed by atoms with Gasteiger partial charge in [0.15, 0.2) is 5.78 Å². The summed E-state index contributed by atoms with van der Waals surface area (Å²) in [6.45, 7) is 8.17. The fraction of sp³-hybridized carbons (Fsp3) is 0.533. The van der Waals surface area contributed by atoms with Gasteiger partial charge in [-0.2, -0.15) is 0 Å². The van der Waals surface area contributed by atoms with Crippen LogP contribution in [0.25, 0.3) is 0 Å². The molecule has 0 saturated heterocycles. The highest BCUT2D eigenvalue weighted by atomic mass is 19.1. The Labute approximate surface area is 108 Å². The highest BCUT2D eigenvalue weighted by Crippen LogP contribution is 2.15. The van der Waals surface area contributed by atoms with Crippen LogP contribution in [0.4, 0.5) is 4.39 Å². The minimum Gasteiger partial charge on any atom is -0.370 e. The van der Waals surface area contributed by atoms with Crippen molar-refractivity contribution < 1.29 is 13.9 Å². The van der Waals surface area contributed by atoms with E-state index in [0.717, 1.165) is 11.1 Å². The Morgan fingerprint density at radius 3 is 2.61 bits per heavy atom. The molecule has 0 saturated carbocycles. The molecule has 1 unspecified atom stereocenters. The summed E-state index contributed by atoms with van der Waals surface area (Å²) in [7, 11) is 0. The van der Waals surface area contributed by atoms with E-state index in [0.29, 0.717) is 6.61 Å². The van der Waals surface area contributed by atoms with Crippen molar-refractivity contribution in [2.75, 3.05) is 6.61 Å². The monoisotopic (exact) mass is 252 g/mol. The Kier molecular flexibility index (Phi) is 5.48. The van der Waals surface area contributed by atoms with E-state index >= 15 is 0 Å². The number of benzene rings is 1. The average Bonchev–Trinajstić information content (AvgIpc) is 2.30. The molecule has 2 nitrogen and oxygen atoms in total. The molecule has 0 radical (unpaired) electrons. The fourth-order valence-corrected chi connectivity index (χ4v) is 1.96. The van der Waals surface area contributed by atoms with E-state index in [4.69, 9.17) is 4.74 Å². The molecule has 0 bridgehead atoms. The van der Waals surface area contributed by atoms with Crippen molar-refractivity contribution in [1.82, 2.24) is 0 Å². The fourth-order valence-electron chi connectivity index (χ4n) is 1.96. The molecule has 1 aromatic carbocycles. The Balaban J connectivity index is 2.82. The van der Waals surface area contributed by atoms with E-state index in [1.54, 1.807) is 6.07 Å². The maximum atomic E-state index is 13.2. The predicted molar refractivity (Wildman–Crippen MR) is 70.1 cm³/mol. The Bertz CT molecular complexity index is 413. The van der Waals surface area contributed by atoms with Crippen LogP contribution < -0.4 is 0 Å². The highest BCUT2D eigenvalue weighted by molar-refractivity contribution is 5.85. The first-order chi connectivity index (χ1) is 8.45. The summed E-state index contributed by atoms with van der Waals surface area (Å²) in [5, 5.41) is 0. The van der Waals surface area contributed by atoms with E-state index < -0.39 is 6.10 Å². The summed E-state index contributed by atoms with van der Waals surface area (Å²) in [5.41, 5.74) is 1.68. The molecule has 0 aliphatic rings. The van der Waals surface area contributed by atoms with Gasteiger partial charge in [0.2, 0.25) is 0 Å². The number of hydrogen-bond donors (Lipinski definition) is 0. The van der Waals surface area contributed by atoms with Crippen molar-refractivity contribution in [3.05, 3.63) is 35.1 Å². The van der Waals surface area contributed by atoms with Crippen molar-refractivity contribution in [3.63, 3.8) is 0 Å². The SMILES string of the molecule is CCOC(C(=O)Cc1cc(F)ccc1C)C(C)C. The molecule has 0 amide bonds. The minimum atomic E-state index is -0.405. The maximum absolute atomic E-state index is 13.2. The van der Waals surface area contributed by atoms with Gasteiger partial charge in [-0.15, -0.1) is 0 Å². The lowest BCUT2D eigenvalue weighted by atomic mass is 9.95. The Hall–Kier alpha value is -1.22. The van der Waals surface area contributed by atoms with Crippen LogP contribution in [0.1, 0.15) is 31.9 Å². The van der Waals surface area contributed by atoms with Gasteiger partial charge in [0.25, 0.3) is 0 Å². The Morgan fingerprint density at radius 2 is 2.06 bits per heavy atom. The average molecular weight is 252 g/mol. The van der Waals surface area contributed by atoms with Crippen LogP contribution in [-0.2, 0) is 16.0 Å². The van der Waals surface area contributed by atoms with E-state index in [1.165, 1.54) is 12.1 Å². The molecule has 0 spiro atoms. The van der Waals surface area contributed by atoms with Crippen LogP contribution in [0.5, 0.6) is 0 Å². The van der Waals surface area contributed by atoms with Crippen LogP contribution in [-0.4, -0.2) is 18.5 Å². The second kappa shape index (κ2) is 6.64. The molecule has 1 rings (SSSR count). The van der Waals surface area contributed by atoms with Gasteiger partial charge >= 0.3 is 0 Å². The molecule has 100 valence electrons. The topological polar surface area (TPSA) is 26.3 Å². The zero-order valence-corrected chi connectivity index (χ0v) is 11.5. The number of ketones is 1. The minimum absolute atomic E-state index is 0.0144. The third kappa shape index (κ3) is 3.91. The van der Waals surface area contributed by atoms with Gasteiger partial charge in [-0.25, -0.2) is 4.39 Å². The summed E-state index contributed by atoms with van der Waals surface area (Å²) in [6, 6.07) is 4.53. The first kappa shape index (κ1) is 14.8. The van der Waals surface area contributed by atoms with Crippen molar-refractivity contribution in [1.29, 1.82) is 0 Å². The zero-order chi connectivity index (χ0) is 13.7. The molecule has 0 fully saturated rings. The summed E-state index contributed by atoms with van der Waals surface area (Å²) in [6.07, 6.45) is -0.176. The number of hydrogen-bond acceptors (Lipinski definition) is 2. The summed E-state index contributed by atoms with van der Waals surface area (Å²) in [4.78, 5) is 12.2. The van der Waals surface area contributed by atoms with Crippen LogP contribution >= 0.6 is 0 Å². The lowest BCUT2D eigenvalue weighted by Gasteiger charge is -2.19. The number of carbonyl (C=O) groups excluding carboxylic acids is 1. The lowest BCUT2D eigenvalue weighted by Crippen LogP contribution is -2.31. The largest absolute Gasteiger partial charge is 0.370 e. The number of ether oxygens (including phenoxy) is 1. The highest BCUT2D eigenvalue weighted by Gasteiger charge is 2.22. The number of halogens is 1. The van der Waals surface area contributed by atoms with Gasteiger partial charge in [0.05, 0.1) is 0 Å². The van der Waals surface area contributed by atoms with Crippen LogP contribution in [0.15, 0.2) is 18.2 Å². The Morgan fingerprint density at radius 1 is 1.39 bits per heavy atom. The number of rotatable bonds is 6. The quantitative estimate of drug-likeness (QED) is 0.776. The van der Waals surface area contributed by atoms with Crippen molar-refractivity contribution >= 4 is 5.78 Å². The zero-order valence-electron chi connectivity index (χ0n) is 11.5. The molecular weight excluding hydrogens is 231 g/mol. The van der Waals surface area contributed by atoms with Crippen molar-refractivity contribution in [2.45, 2.75) is 40.2 Å². The second-order valence-electron chi connectivity index (χ2n) is 4.83. The summed E-state index contributed by atoms with van der Waals surface area (Å²) < 4.78 is 18.6. The van der Waals surface area contributed by atoms with Crippen molar-refractivity contribution in [2.24, 2.45) is 5.92 Å². The van der Waals surface area contributed by atoms with E-state index in [1.807, 2.05) is 27.7 Å². The molecular formula is C15H21FO2. The summed E-state index contributed by atoms with van der Waals surface area (Å²) >= 11 is 0. The van der Waals surface area contributed by atoms with Gasteiger partial charge in [0.1, 0.15) is 11.9 Å². The van der Waals surface area contributed by atoms with Gasteiger partial charge in [-0.3, -0.25) is 4.79 Å². The second-order valence-corrected chi connectivity index (χ2v) is 4.83. The van der Waals surface area contributed by atoms with Crippen molar-refractivity contribution in [3.8, 4) is 0 Å². The van der Waals surface area contributed by atoms with Gasteiger partial charge in [0, 0.05) is 13.0 Å². The first-order valence-corrected chi connectivity index (χ1v) is 6.35. The molecule has 0 heterocycles. The number of aryl methyl sites for hydroxylation is 1. The molecule has 3 heteroatoms. The van der Waals surface area contributed by atoms with Crippen LogP contribution in [0.2, 0.25) is 0 Å². The van der Waals surface area contributed by atoms with Gasteiger partial charge in [-0.1, -0.05) is 19.9 Å². The molecule has 0 aromatic heterocycles. The molecule has 0 aliphatic carbocycles. The molecule has 1 aromatic rings. The molecule has 18 heavy (non-hydrogen) atoms. The van der Waals surface area contributed by atoms with E-state index in [-0.39, 0.29) is 23.9 Å². The predicted octanol–water partition coefficient (Wildman–Crippen LogP) is 3.31. The molecule has 0 N–H and O–H groups in total. The van der Waals surface area contributed by atoms with E-state index in [2.05, 4.69) is 0 Å². The van der Waals surface area contributed by atoms with Gasteiger partial charge < -0.3 is 4.74 Å². The molecule has 0 aliphatic heterocycles. The first-order valence-electron chi connectivity index (χ1n) is 6.35. The maximum Gasteiger partial charge on any atom is 0.166 e. The van der Waals surface area contributed by atoms with Crippen LogP contribution in [0, 0.1) is 18.7 Å². The number of Topliss-reactive ketones (excluding diaryl/α,β-unsaturated/α-hetero) is 1. The van der Waals surface area contributed by atoms with Crippen LogP contribution in [0.3, 0.4) is 0 Å². The standard InChI is InChI=1S/C15H21FO2/c1-5-18-15(10(2)3)14(17)9-12-8-13(16)7-6-11(12)4/h6-8,10,15H,5,9H2,1-4H3. The normalized spacial score (nSPS) is 12.8.